The molecule has 0 bridgehead atoms. The number of sulfonamides is 1. The molecule has 0 unspecified atom stereocenters. The Morgan fingerprint density at radius 1 is 0.875 bits per heavy atom. The van der Waals surface area contributed by atoms with E-state index in [0.29, 0.717) is 22.8 Å². The van der Waals surface area contributed by atoms with E-state index in [4.69, 9.17) is 11.6 Å². The van der Waals surface area contributed by atoms with Crippen molar-refractivity contribution < 1.29 is 13.2 Å². The minimum absolute atomic E-state index is 0.0870. The first-order valence-electron chi connectivity index (χ1n) is 13.4. The summed E-state index contributed by atoms with van der Waals surface area (Å²) in [6.07, 6.45) is 2.47. The molecule has 206 valence electrons. The standard InChI is InChI=1S/C32H32ClN3O3S/c1-24-9-16-28(33)21-31(24)36(40(38,39)30-7-3-2-4-8-30)23-26-10-14-27(15-11-26)32(37)34-22-25-12-17-29(18-13-25)35-19-5-6-20-35/h2-4,7-18,21H,5-6,19-20,22-23H2,1H3,(H,34,37). The lowest BCUT2D eigenvalue weighted by atomic mass is 10.1. The lowest BCUT2D eigenvalue weighted by Crippen LogP contribution is -2.31. The fourth-order valence-corrected chi connectivity index (χ4v) is 6.58. The quantitative estimate of drug-likeness (QED) is 0.246. The summed E-state index contributed by atoms with van der Waals surface area (Å²) in [5, 5.41) is 3.43. The molecular weight excluding hydrogens is 542 g/mol. The number of amides is 1. The van der Waals surface area contributed by atoms with Crippen LogP contribution in [-0.2, 0) is 23.1 Å². The third-order valence-electron chi connectivity index (χ3n) is 7.17. The van der Waals surface area contributed by atoms with E-state index >= 15 is 0 Å². The van der Waals surface area contributed by atoms with Crippen molar-refractivity contribution in [1.82, 2.24) is 5.32 Å². The molecule has 0 saturated carbocycles. The number of halogens is 1. The smallest absolute Gasteiger partial charge is 0.264 e. The number of hydrogen-bond donors (Lipinski definition) is 1. The van der Waals surface area contributed by atoms with E-state index in [1.807, 2.05) is 6.92 Å². The molecule has 1 aliphatic heterocycles. The maximum Gasteiger partial charge on any atom is 0.264 e. The second-order valence-electron chi connectivity index (χ2n) is 10.00. The van der Waals surface area contributed by atoms with E-state index in [1.165, 1.54) is 22.8 Å². The number of aryl methyl sites for hydroxylation is 1. The van der Waals surface area contributed by atoms with Gasteiger partial charge in [-0.1, -0.05) is 60.1 Å². The molecule has 0 atom stereocenters. The number of nitrogens with zero attached hydrogens (tertiary/aromatic N) is 2. The highest BCUT2D eigenvalue weighted by molar-refractivity contribution is 7.92. The van der Waals surface area contributed by atoms with Crippen LogP contribution in [0.4, 0.5) is 11.4 Å². The number of carbonyl (C=O) groups excluding carboxylic acids is 1. The van der Waals surface area contributed by atoms with Crippen molar-refractivity contribution in [1.29, 1.82) is 0 Å². The second-order valence-corrected chi connectivity index (χ2v) is 12.3. The largest absolute Gasteiger partial charge is 0.372 e. The number of nitrogens with one attached hydrogen (secondary N) is 1. The zero-order chi connectivity index (χ0) is 28.1. The second kappa shape index (κ2) is 12.1. The van der Waals surface area contributed by atoms with E-state index in [2.05, 4.69) is 34.5 Å². The topological polar surface area (TPSA) is 69.7 Å². The predicted molar refractivity (Wildman–Crippen MR) is 162 cm³/mol. The summed E-state index contributed by atoms with van der Waals surface area (Å²) in [4.78, 5) is 15.4. The SMILES string of the molecule is Cc1ccc(Cl)cc1N(Cc1ccc(C(=O)NCc2ccc(N3CCCC3)cc2)cc1)S(=O)(=O)c1ccccc1. The number of rotatable bonds is 9. The van der Waals surface area contributed by atoms with Crippen LogP contribution in [0.25, 0.3) is 0 Å². The van der Waals surface area contributed by atoms with E-state index in [1.54, 1.807) is 72.8 Å². The van der Waals surface area contributed by atoms with Gasteiger partial charge >= 0.3 is 0 Å². The average Bonchev–Trinajstić information content (AvgIpc) is 3.52. The molecule has 0 spiro atoms. The summed E-state index contributed by atoms with van der Waals surface area (Å²) in [5.41, 5.74) is 4.80. The molecule has 0 radical (unpaired) electrons. The molecule has 1 amide bonds. The van der Waals surface area contributed by atoms with Gasteiger partial charge in [0.15, 0.2) is 0 Å². The number of anilines is 2. The maximum atomic E-state index is 13.7. The summed E-state index contributed by atoms with van der Waals surface area (Å²) in [6, 6.07) is 28.9. The van der Waals surface area contributed by atoms with Crippen molar-refractivity contribution in [2.75, 3.05) is 22.3 Å². The van der Waals surface area contributed by atoms with Gasteiger partial charge in [0.2, 0.25) is 0 Å². The molecule has 1 saturated heterocycles. The Balaban J connectivity index is 1.29. The highest BCUT2D eigenvalue weighted by Gasteiger charge is 2.26. The van der Waals surface area contributed by atoms with Crippen molar-refractivity contribution in [3.05, 3.63) is 124 Å². The third-order valence-corrected chi connectivity index (χ3v) is 9.18. The number of carbonyl (C=O) groups is 1. The van der Waals surface area contributed by atoms with Gasteiger partial charge in [-0.25, -0.2) is 8.42 Å². The Hall–Kier alpha value is -3.81. The highest BCUT2D eigenvalue weighted by atomic mass is 35.5. The van der Waals surface area contributed by atoms with E-state index in [0.717, 1.165) is 29.8 Å². The van der Waals surface area contributed by atoms with Crippen LogP contribution in [0.1, 0.15) is 39.9 Å². The van der Waals surface area contributed by atoms with Gasteiger partial charge in [-0.05, 0) is 85.0 Å². The Kier molecular flexibility index (Phi) is 8.43. The highest BCUT2D eigenvalue weighted by Crippen LogP contribution is 2.31. The normalized spacial score (nSPS) is 13.3. The number of hydrogen-bond acceptors (Lipinski definition) is 4. The molecule has 4 aromatic carbocycles. The predicted octanol–water partition coefficient (Wildman–Crippen LogP) is 6.57. The van der Waals surface area contributed by atoms with E-state index < -0.39 is 10.0 Å². The van der Waals surface area contributed by atoms with Crippen LogP contribution in [0.5, 0.6) is 0 Å². The molecule has 0 aliphatic carbocycles. The fourth-order valence-electron chi connectivity index (χ4n) is 4.88. The molecule has 1 heterocycles. The monoisotopic (exact) mass is 573 g/mol. The van der Waals surface area contributed by atoms with Crippen LogP contribution >= 0.6 is 11.6 Å². The Bertz CT molecular complexity index is 1570. The molecule has 1 N–H and O–H groups in total. The van der Waals surface area contributed by atoms with E-state index in [-0.39, 0.29) is 17.3 Å². The van der Waals surface area contributed by atoms with Gasteiger partial charge in [0.25, 0.3) is 15.9 Å². The lowest BCUT2D eigenvalue weighted by Gasteiger charge is -2.26. The Labute approximate surface area is 241 Å². The summed E-state index contributed by atoms with van der Waals surface area (Å²) in [6.45, 7) is 4.57. The molecule has 1 fully saturated rings. The first-order valence-corrected chi connectivity index (χ1v) is 15.2. The van der Waals surface area contributed by atoms with Crippen LogP contribution in [-0.4, -0.2) is 27.4 Å². The molecule has 40 heavy (non-hydrogen) atoms. The lowest BCUT2D eigenvalue weighted by molar-refractivity contribution is 0.0951. The van der Waals surface area contributed by atoms with Crippen molar-refractivity contribution in [3.63, 3.8) is 0 Å². The molecule has 4 aromatic rings. The van der Waals surface area contributed by atoms with Crippen LogP contribution in [0.2, 0.25) is 5.02 Å². The Morgan fingerprint density at radius 2 is 1.52 bits per heavy atom. The van der Waals surface area contributed by atoms with Crippen LogP contribution < -0.4 is 14.5 Å². The van der Waals surface area contributed by atoms with Crippen molar-refractivity contribution in [2.24, 2.45) is 0 Å². The van der Waals surface area contributed by atoms with Crippen LogP contribution in [0, 0.1) is 6.92 Å². The third kappa shape index (κ3) is 6.32. The number of benzene rings is 4. The summed E-state index contributed by atoms with van der Waals surface area (Å²) in [5.74, 6) is -0.186. The van der Waals surface area contributed by atoms with Gasteiger partial charge < -0.3 is 10.2 Å². The van der Waals surface area contributed by atoms with Gasteiger partial charge in [-0.15, -0.1) is 0 Å². The molecule has 1 aliphatic rings. The van der Waals surface area contributed by atoms with Crippen molar-refractivity contribution in [2.45, 2.75) is 37.8 Å². The molecule has 0 aromatic heterocycles. The summed E-state index contributed by atoms with van der Waals surface area (Å²) in [7, 11) is -3.87. The average molecular weight is 574 g/mol. The first kappa shape index (κ1) is 27.7. The first-order chi connectivity index (χ1) is 19.3. The summed E-state index contributed by atoms with van der Waals surface area (Å²) < 4.78 is 28.8. The van der Waals surface area contributed by atoms with E-state index in [9.17, 15) is 13.2 Å². The zero-order valence-corrected chi connectivity index (χ0v) is 24.0. The van der Waals surface area contributed by atoms with Gasteiger partial charge in [0.1, 0.15) is 0 Å². The molecular formula is C32H32ClN3O3S. The zero-order valence-electron chi connectivity index (χ0n) is 22.4. The van der Waals surface area contributed by atoms with Gasteiger partial charge in [0, 0.05) is 35.9 Å². The molecule has 6 nitrogen and oxygen atoms in total. The van der Waals surface area contributed by atoms with Gasteiger partial charge in [-0.2, -0.15) is 0 Å². The molecule has 8 heteroatoms. The summed E-state index contributed by atoms with van der Waals surface area (Å²) >= 11 is 6.26. The molecule has 5 rings (SSSR count). The maximum absolute atomic E-state index is 13.7. The van der Waals surface area contributed by atoms with Crippen LogP contribution in [0.3, 0.4) is 0 Å². The van der Waals surface area contributed by atoms with Gasteiger partial charge in [-0.3, -0.25) is 9.10 Å². The van der Waals surface area contributed by atoms with Crippen molar-refractivity contribution in [3.8, 4) is 0 Å². The Morgan fingerprint density at radius 3 is 2.20 bits per heavy atom. The minimum Gasteiger partial charge on any atom is -0.372 e. The van der Waals surface area contributed by atoms with Crippen LogP contribution in [0.15, 0.2) is 102 Å². The minimum atomic E-state index is -3.87. The fraction of sp³-hybridized carbons (Fsp3) is 0.219. The van der Waals surface area contributed by atoms with Crippen molar-refractivity contribution >= 4 is 38.9 Å². The van der Waals surface area contributed by atoms with Gasteiger partial charge in [0.05, 0.1) is 17.1 Å².